The number of hydrogen-bond acceptors (Lipinski definition) is 6. The zero-order valence-electron chi connectivity index (χ0n) is 41.6. The molecule has 0 radical (unpaired) electrons. The molecule has 0 saturated heterocycles. The molecule has 2 atom stereocenters. The van der Waals surface area contributed by atoms with E-state index in [0.29, 0.717) is 19.3 Å². The lowest BCUT2D eigenvalue weighted by Gasteiger charge is -2.18. The highest BCUT2D eigenvalue weighted by atomic mass is 16.6. The van der Waals surface area contributed by atoms with Crippen molar-refractivity contribution in [2.24, 2.45) is 5.92 Å². The van der Waals surface area contributed by atoms with E-state index >= 15 is 0 Å². The van der Waals surface area contributed by atoms with Gasteiger partial charge in [0.25, 0.3) is 0 Å². The molecule has 0 aliphatic heterocycles. The van der Waals surface area contributed by atoms with E-state index in [1.54, 1.807) is 0 Å². The van der Waals surface area contributed by atoms with Gasteiger partial charge in [-0.25, -0.2) is 0 Å². The van der Waals surface area contributed by atoms with E-state index < -0.39 is 6.10 Å². The van der Waals surface area contributed by atoms with E-state index in [4.69, 9.17) is 14.2 Å². The van der Waals surface area contributed by atoms with Gasteiger partial charge in [-0.3, -0.25) is 14.4 Å². The number of rotatable bonds is 50. The lowest BCUT2D eigenvalue weighted by Crippen LogP contribution is -2.30. The number of hydrogen-bond donors (Lipinski definition) is 0. The van der Waals surface area contributed by atoms with Gasteiger partial charge in [0.05, 0.1) is 0 Å². The zero-order chi connectivity index (χ0) is 44.5. The van der Waals surface area contributed by atoms with Gasteiger partial charge in [-0.15, -0.1) is 0 Å². The predicted molar refractivity (Wildman–Crippen MR) is 261 cm³/mol. The largest absolute Gasteiger partial charge is 0.462 e. The summed E-state index contributed by atoms with van der Waals surface area (Å²) in [6.07, 6.45) is 52.2. The van der Waals surface area contributed by atoms with Crippen LogP contribution in [0.25, 0.3) is 0 Å². The first-order chi connectivity index (χ1) is 29.9. The molecule has 0 amide bonds. The van der Waals surface area contributed by atoms with Crippen LogP contribution in [0.5, 0.6) is 0 Å². The molecule has 0 aliphatic rings. The van der Waals surface area contributed by atoms with Crippen LogP contribution in [-0.4, -0.2) is 37.2 Å². The summed E-state index contributed by atoms with van der Waals surface area (Å²) in [6, 6.07) is 0. The highest BCUT2D eigenvalue weighted by Gasteiger charge is 2.19. The quantitative estimate of drug-likeness (QED) is 0.0344. The normalized spacial score (nSPS) is 12.4. The maximum absolute atomic E-state index is 12.8. The summed E-state index contributed by atoms with van der Waals surface area (Å²) in [5.41, 5.74) is 0. The van der Waals surface area contributed by atoms with E-state index in [-0.39, 0.29) is 31.1 Å². The molecule has 61 heavy (non-hydrogen) atoms. The summed E-state index contributed by atoms with van der Waals surface area (Å²) in [5, 5.41) is 0. The number of carbonyl (C=O) groups is 3. The van der Waals surface area contributed by atoms with Crippen LogP contribution in [-0.2, 0) is 28.6 Å². The van der Waals surface area contributed by atoms with Gasteiger partial charge in [-0.2, -0.15) is 0 Å². The van der Waals surface area contributed by atoms with Crippen LogP contribution in [0.15, 0.2) is 0 Å². The summed E-state index contributed by atoms with van der Waals surface area (Å²) >= 11 is 0. The molecule has 0 N–H and O–H groups in total. The molecule has 0 aliphatic carbocycles. The van der Waals surface area contributed by atoms with Crippen molar-refractivity contribution in [1.82, 2.24) is 0 Å². The van der Waals surface area contributed by atoms with E-state index in [1.165, 1.54) is 205 Å². The van der Waals surface area contributed by atoms with E-state index in [9.17, 15) is 14.4 Å². The highest BCUT2D eigenvalue weighted by Crippen LogP contribution is 2.18. The second kappa shape index (κ2) is 49.4. The number of esters is 3. The van der Waals surface area contributed by atoms with Crippen molar-refractivity contribution in [2.75, 3.05) is 13.2 Å². The van der Waals surface area contributed by atoms with E-state index in [1.807, 2.05) is 0 Å². The average molecular weight is 863 g/mol. The molecule has 0 aromatic rings. The van der Waals surface area contributed by atoms with Crippen LogP contribution in [0, 0.1) is 5.92 Å². The van der Waals surface area contributed by atoms with Crippen molar-refractivity contribution in [3.63, 3.8) is 0 Å². The third kappa shape index (κ3) is 47.7. The van der Waals surface area contributed by atoms with Crippen molar-refractivity contribution in [3.8, 4) is 0 Å². The summed E-state index contributed by atoms with van der Waals surface area (Å²) in [5.74, 6) is 0.0292. The molecule has 6 nitrogen and oxygen atoms in total. The predicted octanol–water partition coefficient (Wildman–Crippen LogP) is 17.8. The minimum Gasteiger partial charge on any atom is -0.462 e. The van der Waals surface area contributed by atoms with Gasteiger partial charge in [0.2, 0.25) is 0 Å². The molecule has 0 aromatic carbocycles. The summed E-state index contributed by atoms with van der Waals surface area (Å²) < 4.78 is 16.8. The first-order valence-electron chi connectivity index (χ1n) is 27.4. The molecule has 0 aromatic heterocycles. The molecular formula is C55H106O6. The van der Waals surface area contributed by atoms with Crippen molar-refractivity contribution in [2.45, 2.75) is 316 Å². The molecule has 0 fully saturated rings. The van der Waals surface area contributed by atoms with Crippen LogP contribution >= 0.6 is 0 Å². The van der Waals surface area contributed by atoms with Gasteiger partial charge < -0.3 is 14.2 Å². The Morgan fingerprint density at radius 3 is 0.852 bits per heavy atom. The Morgan fingerprint density at radius 2 is 0.574 bits per heavy atom. The fourth-order valence-electron chi connectivity index (χ4n) is 8.36. The van der Waals surface area contributed by atoms with E-state index in [0.717, 1.165) is 63.7 Å². The summed E-state index contributed by atoms with van der Waals surface area (Å²) in [4.78, 5) is 38.0. The Balaban J connectivity index is 4.30. The Hall–Kier alpha value is -1.59. The van der Waals surface area contributed by atoms with Crippen LogP contribution in [0.3, 0.4) is 0 Å². The highest BCUT2D eigenvalue weighted by molar-refractivity contribution is 5.71. The van der Waals surface area contributed by atoms with Gasteiger partial charge in [0, 0.05) is 19.3 Å². The topological polar surface area (TPSA) is 78.9 Å². The molecule has 362 valence electrons. The summed E-state index contributed by atoms with van der Waals surface area (Å²) in [7, 11) is 0. The van der Waals surface area contributed by atoms with Gasteiger partial charge in [0.1, 0.15) is 13.2 Å². The Kier molecular flexibility index (Phi) is 48.1. The van der Waals surface area contributed by atoms with Gasteiger partial charge in [-0.05, 0) is 25.2 Å². The maximum Gasteiger partial charge on any atom is 0.306 e. The first-order valence-corrected chi connectivity index (χ1v) is 27.4. The smallest absolute Gasteiger partial charge is 0.306 e. The molecule has 0 heterocycles. The first kappa shape index (κ1) is 59.4. The molecule has 0 bridgehead atoms. The second-order valence-corrected chi connectivity index (χ2v) is 19.1. The standard InChI is InChI=1S/C55H106O6/c1-5-8-10-12-14-16-18-20-21-22-23-24-26-32-36-40-44-48-55(58)61-52(49-59-53(56)46-42-38-34-30-25-19-17-15-13-11-9-6-2)50-60-54(57)47-43-39-35-31-28-27-29-33-37-41-45-51(4)7-3/h51-52H,5-50H2,1-4H3/t51?,52-/m1/s1. The van der Waals surface area contributed by atoms with Gasteiger partial charge in [-0.1, -0.05) is 272 Å². The number of unbranched alkanes of at least 4 members (excludes halogenated alkanes) is 36. The third-order valence-corrected chi connectivity index (χ3v) is 12.9. The Morgan fingerprint density at radius 1 is 0.328 bits per heavy atom. The second-order valence-electron chi connectivity index (χ2n) is 19.1. The Labute approximate surface area is 380 Å². The molecular weight excluding hydrogens is 757 g/mol. The lowest BCUT2D eigenvalue weighted by molar-refractivity contribution is -0.167. The average Bonchev–Trinajstić information content (AvgIpc) is 3.26. The SMILES string of the molecule is CCCCCCCCCCCCCCCCCCCC(=O)O[C@H](COC(=O)CCCCCCCCCCCCCC)COC(=O)CCCCCCCCCCCCC(C)CC. The van der Waals surface area contributed by atoms with Crippen LogP contribution in [0.2, 0.25) is 0 Å². The molecule has 1 unspecified atom stereocenters. The minimum atomic E-state index is -0.761. The maximum atomic E-state index is 12.8. The van der Waals surface area contributed by atoms with Crippen molar-refractivity contribution in [1.29, 1.82) is 0 Å². The lowest BCUT2D eigenvalue weighted by atomic mass is 9.99. The van der Waals surface area contributed by atoms with Gasteiger partial charge >= 0.3 is 17.9 Å². The van der Waals surface area contributed by atoms with E-state index in [2.05, 4.69) is 27.7 Å². The van der Waals surface area contributed by atoms with Crippen LogP contribution in [0.1, 0.15) is 310 Å². The zero-order valence-corrected chi connectivity index (χ0v) is 41.6. The third-order valence-electron chi connectivity index (χ3n) is 12.9. The van der Waals surface area contributed by atoms with Crippen LogP contribution < -0.4 is 0 Å². The number of carbonyl (C=O) groups excluding carboxylic acids is 3. The molecule has 6 heteroatoms. The van der Waals surface area contributed by atoms with Crippen molar-refractivity contribution >= 4 is 17.9 Å². The van der Waals surface area contributed by atoms with Crippen molar-refractivity contribution < 1.29 is 28.6 Å². The number of ether oxygens (including phenoxy) is 3. The van der Waals surface area contributed by atoms with Crippen LogP contribution in [0.4, 0.5) is 0 Å². The fourth-order valence-corrected chi connectivity index (χ4v) is 8.36. The molecule has 0 rings (SSSR count). The monoisotopic (exact) mass is 863 g/mol. The van der Waals surface area contributed by atoms with Crippen molar-refractivity contribution in [3.05, 3.63) is 0 Å². The minimum absolute atomic E-state index is 0.0625. The summed E-state index contributed by atoms with van der Waals surface area (Å²) in [6.45, 7) is 9.06. The molecule has 0 saturated carbocycles. The Bertz CT molecular complexity index is 920. The molecule has 0 spiro atoms. The fraction of sp³-hybridized carbons (Fsp3) is 0.945. The van der Waals surface area contributed by atoms with Gasteiger partial charge in [0.15, 0.2) is 6.10 Å².